The number of nitrogens with one attached hydrogen (secondary N) is 1. The van der Waals surface area contributed by atoms with E-state index in [1.54, 1.807) is 17.3 Å². The van der Waals surface area contributed by atoms with E-state index in [1.807, 2.05) is 13.0 Å². The molecule has 1 fully saturated rings. The minimum Gasteiger partial charge on any atom is -0.481 e. The van der Waals surface area contributed by atoms with Crippen molar-refractivity contribution in [2.75, 3.05) is 13.1 Å². The summed E-state index contributed by atoms with van der Waals surface area (Å²) in [5, 5.41) is 11.8. The Hall–Kier alpha value is -2.11. The van der Waals surface area contributed by atoms with Gasteiger partial charge in [0.1, 0.15) is 0 Å². The number of hydrogen-bond acceptors (Lipinski definition) is 3. The number of pyridine rings is 1. The number of carbonyl (C=O) groups excluding carboxylic acids is 1. The molecule has 0 aliphatic carbocycles. The van der Waals surface area contributed by atoms with Crippen LogP contribution >= 0.6 is 0 Å². The number of aliphatic carboxylic acids is 1. The molecule has 0 bridgehead atoms. The predicted octanol–water partition coefficient (Wildman–Crippen LogP) is 1.40. The number of aryl methyl sites for hydroxylation is 1. The van der Waals surface area contributed by atoms with Gasteiger partial charge in [0.05, 0.1) is 5.92 Å². The number of carboxylic acid groups (broad SMARTS) is 1. The lowest BCUT2D eigenvalue weighted by Gasteiger charge is -2.30. The quantitative estimate of drug-likeness (QED) is 0.874. The van der Waals surface area contributed by atoms with Crippen LogP contribution < -0.4 is 5.32 Å². The second-order valence-corrected chi connectivity index (χ2v) is 5.15. The summed E-state index contributed by atoms with van der Waals surface area (Å²) in [6.45, 7) is 3.25. The highest BCUT2D eigenvalue weighted by atomic mass is 16.4. The fraction of sp³-hybridized carbons (Fsp3) is 0.500. The third kappa shape index (κ3) is 3.69. The van der Waals surface area contributed by atoms with Gasteiger partial charge in [0, 0.05) is 32.0 Å². The van der Waals surface area contributed by atoms with Crippen LogP contribution in [0.4, 0.5) is 4.79 Å². The molecule has 20 heavy (non-hydrogen) atoms. The van der Waals surface area contributed by atoms with Gasteiger partial charge in [0.15, 0.2) is 0 Å². The van der Waals surface area contributed by atoms with E-state index in [-0.39, 0.29) is 12.6 Å². The molecule has 0 spiro atoms. The summed E-state index contributed by atoms with van der Waals surface area (Å²) in [6, 6.07) is 1.75. The number of rotatable bonds is 3. The van der Waals surface area contributed by atoms with E-state index >= 15 is 0 Å². The Morgan fingerprint density at radius 2 is 2.30 bits per heavy atom. The molecule has 0 aromatic carbocycles. The summed E-state index contributed by atoms with van der Waals surface area (Å²) in [6.07, 6.45) is 4.84. The molecule has 6 heteroatoms. The maximum atomic E-state index is 12.0. The zero-order valence-corrected chi connectivity index (χ0v) is 11.5. The van der Waals surface area contributed by atoms with E-state index in [0.717, 1.165) is 17.5 Å². The van der Waals surface area contributed by atoms with Crippen molar-refractivity contribution in [3.05, 3.63) is 29.6 Å². The van der Waals surface area contributed by atoms with Gasteiger partial charge in [-0.2, -0.15) is 0 Å². The lowest BCUT2D eigenvalue weighted by Crippen LogP contribution is -2.46. The fourth-order valence-electron chi connectivity index (χ4n) is 2.37. The Morgan fingerprint density at radius 1 is 1.50 bits per heavy atom. The van der Waals surface area contributed by atoms with Crippen LogP contribution in [0, 0.1) is 12.8 Å². The number of likely N-dealkylation sites (tertiary alicyclic amines) is 1. The summed E-state index contributed by atoms with van der Waals surface area (Å²) in [5.74, 6) is -1.28. The monoisotopic (exact) mass is 277 g/mol. The molecule has 1 saturated heterocycles. The third-order valence-corrected chi connectivity index (χ3v) is 3.43. The van der Waals surface area contributed by atoms with Crippen LogP contribution in [-0.4, -0.2) is 40.1 Å². The Kier molecular flexibility index (Phi) is 4.55. The maximum absolute atomic E-state index is 12.0. The predicted molar refractivity (Wildman–Crippen MR) is 73.1 cm³/mol. The number of aromatic nitrogens is 1. The summed E-state index contributed by atoms with van der Waals surface area (Å²) in [7, 11) is 0. The molecule has 1 aliphatic heterocycles. The Labute approximate surface area is 117 Å². The van der Waals surface area contributed by atoms with Crippen molar-refractivity contribution in [3.8, 4) is 0 Å². The maximum Gasteiger partial charge on any atom is 0.317 e. The fourth-order valence-corrected chi connectivity index (χ4v) is 2.37. The molecule has 1 aromatic rings. The first-order valence-electron chi connectivity index (χ1n) is 6.72. The Balaban J connectivity index is 1.87. The number of hydrogen-bond donors (Lipinski definition) is 2. The van der Waals surface area contributed by atoms with E-state index < -0.39 is 11.9 Å². The summed E-state index contributed by atoms with van der Waals surface area (Å²) in [4.78, 5) is 28.6. The number of urea groups is 1. The Bertz CT molecular complexity index is 504. The van der Waals surface area contributed by atoms with Crippen LogP contribution in [0.15, 0.2) is 18.5 Å². The summed E-state index contributed by atoms with van der Waals surface area (Å²) < 4.78 is 0. The summed E-state index contributed by atoms with van der Waals surface area (Å²) in [5.41, 5.74) is 1.98. The first-order chi connectivity index (χ1) is 9.56. The molecule has 1 aliphatic rings. The highest BCUT2D eigenvalue weighted by Gasteiger charge is 2.27. The van der Waals surface area contributed by atoms with Crippen molar-refractivity contribution >= 4 is 12.0 Å². The highest BCUT2D eigenvalue weighted by Crippen LogP contribution is 2.16. The van der Waals surface area contributed by atoms with Gasteiger partial charge in [-0.15, -0.1) is 0 Å². The summed E-state index contributed by atoms with van der Waals surface area (Å²) >= 11 is 0. The molecule has 2 rings (SSSR count). The molecule has 1 unspecified atom stereocenters. The molecule has 6 nitrogen and oxygen atoms in total. The van der Waals surface area contributed by atoms with E-state index in [4.69, 9.17) is 5.11 Å². The van der Waals surface area contributed by atoms with E-state index in [1.165, 1.54) is 0 Å². The number of carboxylic acids is 1. The molecule has 2 heterocycles. The number of piperidine rings is 1. The van der Waals surface area contributed by atoms with Crippen molar-refractivity contribution in [1.82, 2.24) is 15.2 Å². The zero-order valence-electron chi connectivity index (χ0n) is 11.5. The van der Waals surface area contributed by atoms with E-state index in [9.17, 15) is 9.59 Å². The van der Waals surface area contributed by atoms with Crippen LogP contribution in [0.5, 0.6) is 0 Å². The molecular formula is C14H19N3O3. The van der Waals surface area contributed by atoms with Gasteiger partial charge in [-0.05, 0) is 30.9 Å². The SMILES string of the molecule is Cc1cncc(CNC(=O)N2CCCC(C(=O)O)C2)c1. The second-order valence-electron chi connectivity index (χ2n) is 5.15. The minimum atomic E-state index is -0.828. The first-order valence-corrected chi connectivity index (χ1v) is 6.72. The van der Waals surface area contributed by atoms with Crippen LogP contribution in [-0.2, 0) is 11.3 Å². The van der Waals surface area contributed by atoms with Gasteiger partial charge in [-0.25, -0.2) is 4.79 Å². The van der Waals surface area contributed by atoms with Crippen molar-refractivity contribution in [1.29, 1.82) is 0 Å². The van der Waals surface area contributed by atoms with Crippen LogP contribution in [0.1, 0.15) is 24.0 Å². The highest BCUT2D eigenvalue weighted by molar-refractivity contribution is 5.76. The topological polar surface area (TPSA) is 82.5 Å². The van der Waals surface area contributed by atoms with Gasteiger partial charge < -0.3 is 15.3 Å². The zero-order chi connectivity index (χ0) is 14.5. The van der Waals surface area contributed by atoms with Gasteiger partial charge in [-0.3, -0.25) is 9.78 Å². The van der Waals surface area contributed by atoms with Crippen LogP contribution in [0.3, 0.4) is 0 Å². The largest absolute Gasteiger partial charge is 0.481 e. The number of nitrogens with zero attached hydrogens (tertiary/aromatic N) is 2. The molecule has 0 saturated carbocycles. The molecule has 1 aromatic heterocycles. The molecule has 2 N–H and O–H groups in total. The smallest absolute Gasteiger partial charge is 0.317 e. The molecule has 2 amide bonds. The lowest BCUT2D eigenvalue weighted by molar-refractivity contribution is -0.143. The number of amides is 2. The number of carbonyl (C=O) groups is 2. The normalized spacial score (nSPS) is 18.6. The molecule has 1 atom stereocenters. The second kappa shape index (κ2) is 6.36. The van der Waals surface area contributed by atoms with Crippen LogP contribution in [0.25, 0.3) is 0 Å². The first kappa shape index (κ1) is 14.3. The van der Waals surface area contributed by atoms with Gasteiger partial charge in [-0.1, -0.05) is 6.07 Å². The molecular weight excluding hydrogens is 258 g/mol. The minimum absolute atomic E-state index is 0.211. The van der Waals surface area contributed by atoms with Crippen molar-refractivity contribution in [2.24, 2.45) is 5.92 Å². The van der Waals surface area contributed by atoms with Crippen molar-refractivity contribution in [3.63, 3.8) is 0 Å². The molecule has 108 valence electrons. The third-order valence-electron chi connectivity index (χ3n) is 3.43. The van der Waals surface area contributed by atoms with E-state index in [2.05, 4.69) is 10.3 Å². The van der Waals surface area contributed by atoms with Crippen LogP contribution in [0.2, 0.25) is 0 Å². The van der Waals surface area contributed by atoms with Crippen molar-refractivity contribution < 1.29 is 14.7 Å². The average Bonchev–Trinajstić information content (AvgIpc) is 2.45. The van der Waals surface area contributed by atoms with Gasteiger partial charge >= 0.3 is 12.0 Å². The molecule has 0 radical (unpaired) electrons. The van der Waals surface area contributed by atoms with Crippen molar-refractivity contribution in [2.45, 2.75) is 26.3 Å². The van der Waals surface area contributed by atoms with Gasteiger partial charge in [0.2, 0.25) is 0 Å². The van der Waals surface area contributed by atoms with E-state index in [0.29, 0.717) is 19.5 Å². The standard InChI is InChI=1S/C14H19N3O3/c1-10-5-11(7-15-6-10)8-16-14(20)17-4-2-3-12(9-17)13(18)19/h5-7,12H,2-4,8-9H2,1H3,(H,16,20)(H,18,19). The van der Waals surface area contributed by atoms with Gasteiger partial charge in [0.25, 0.3) is 0 Å². The Morgan fingerprint density at radius 3 is 3.00 bits per heavy atom. The average molecular weight is 277 g/mol. The lowest BCUT2D eigenvalue weighted by atomic mass is 9.99.